The number of hydrogen-bond acceptors (Lipinski definition) is 2. The minimum absolute atomic E-state index is 0.314. The summed E-state index contributed by atoms with van der Waals surface area (Å²) in [5.41, 5.74) is 1.28. The topological polar surface area (TPSA) is 21.8 Å². The van der Waals surface area contributed by atoms with Gasteiger partial charge < -0.3 is 9.47 Å². The van der Waals surface area contributed by atoms with Gasteiger partial charge in [0, 0.05) is 0 Å². The van der Waals surface area contributed by atoms with Crippen LogP contribution in [0.1, 0.15) is 5.56 Å². The van der Waals surface area contributed by atoms with Crippen molar-refractivity contribution in [2.75, 3.05) is 13.2 Å². The minimum atomic E-state index is 0.314. The Balaban J connectivity index is 1.86. The third-order valence-corrected chi connectivity index (χ3v) is 2.81. The molecular formula is C14H14O2. The molecule has 0 saturated carbocycles. The monoisotopic (exact) mass is 214 g/mol. The molecule has 0 N–H and O–H groups in total. The van der Waals surface area contributed by atoms with Crippen LogP contribution in [-0.2, 0) is 4.74 Å². The fourth-order valence-corrected chi connectivity index (χ4v) is 1.79. The van der Waals surface area contributed by atoms with E-state index in [0.29, 0.717) is 12.7 Å². The first-order valence-electron chi connectivity index (χ1n) is 5.56. The number of fused-ring (bicyclic) bond motifs is 1. The molecule has 0 amide bonds. The van der Waals surface area contributed by atoms with Crippen molar-refractivity contribution in [3.05, 3.63) is 42.0 Å². The maximum Gasteiger partial charge on any atom is 0.120 e. The molecule has 1 saturated heterocycles. The lowest BCUT2D eigenvalue weighted by Crippen LogP contribution is -2.03. The molecule has 2 heteroatoms. The number of aryl methyl sites for hydroxylation is 1. The molecule has 1 aliphatic heterocycles. The number of hydrogen-bond donors (Lipinski definition) is 0. The van der Waals surface area contributed by atoms with Crippen molar-refractivity contribution in [3.8, 4) is 5.75 Å². The van der Waals surface area contributed by atoms with Gasteiger partial charge in [0.15, 0.2) is 0 Å². The van der Waals surface area contributed by atoms with Gasteiger partial charge in [-0.05, 0) is 29.8 Å². The Hall–Kier alpha value is -1.54. The molecule has 1 aliphatic rings. The van der Waals surface area contributed by atoms with Gasteiger partial charge in [0.05, 0.1) is 6.61 Å². The lowest BCUT2D eigenvalue weighted by Gasteiger charge is -2.06. The average Bonchev–Trinajstić information content (AvgIpc) is 3.10. The van der Waals surface area contributed by atoms with Crippen LogP contribution in [0.15, 0.2) is 36.4 Å². The van der Waals surface area contributed by atoms with Crippen LogP contribution < -0.4 is 4.74 Å². The lowest BCUT2D eigenvalue weighted by atomic mass is 10.1. The Bertz CT molecular complexity index is 515. The van der Waals surface area contributed by atoms with Crippen LogP contribution in [-0.4, -0.2) is 19.3 Å². The van der Waals surface area contributed by atoms with E-state index in [1.807, 2.05) is 6.07 Å². The third-order valence-electron chi connectivity index (χ3n) is 2.81. The molecule has 1 atom stereocenters. The van der Waals surface area contributed by atoms with Gasteiger partial charge in [0.2, 0.25) is 0 Å². The molecular weight excluding hydrogens is 200 g/mol. The van der Waals surface area contributed by atoms with Crippen LogP contribution in [0.3, 0.4) is 0 Å². The third kappa shape index (κ3) is 2.02. The summed E-state index contributed by atoms with van der Waals surface area (Å²) in [5.74, 6) is 0.923. The van der Waals surface area contributed by atoms with Crippen molar-refractivity contribution in [2.45, 2.75) is 13.0 Å². The van der Waals surface area contributed by atoms with Crippen LogP contribution in [0.2, 0.25) is 0 Å². The summed E-state index contributed by atoms with van der Waals surface area (Å²) < 4.78 is 10.8. The average molecular weight is 214 g/mol. The lowest BCUT2D eigenvalue weighted by molar-refractivity contribution is 0.263. The molecule has 82 valence electrons. The second kappa shape index (κ2) is 3.80. The van der Waals surface area contributed by atoms with Gasteiger partial charge in [-0.15, -0.1) is 0 Å². The SMILES string of the molecule is Cc1ccc2cc(OCC3CO3)ccc2c1. The zero-order valence-electron chi connectivity index (χ0n) is 9.27. The fourth-order valence-electron chi connectivity index (χ4n) is 1.79. The van der Waals surface area contributed by atoms with Gasteiger partial charge in [-0.1, -0.05) is 29.8 Å². The largest absolute Gasteiger partial charge is 0.491 e. The highest BCUT2D eigenvalue weighted by molar-refractivity contribution is 5.84. The van der Waals surface area contributed by atoms with E-state index < -0.39 is 0 Å². The first-order chi connectivity index (χ1) is 7.81. The zero-order chi connectivity index (χ0) is 11.0. The van der Waals surface area contributed by atoms with Crippen LogP contribution in [0, 0.1) is 6.92 Å². The number of ether oxygens (including phenoxy) is 2. The molecule has 2 aromatic rings. The quantitative estimate of drug-likeness (QED) is 0.733. The van der Waals surface area contributed by atoms with E-state index in [-0.39, 0.29) is 0 Å². The van der Waals surface area contributed by atoms with Gasteiger partial charge in [-0.3, -0.25) is 0 Å². The molecule has 0 bridgehead atoms. The molecule has 0 spiro atoms. The van der Waals surface area contributed by atoms with Crippen molar-refractivity contribution >= 4 is 10.8 Å². The molecule has 1 fully saturated rings. The van der Waals surface area contributed by atoms with E-state index in [1.54, 1.807) is 0 Å². The second-order valence-electron chi connectivity index (χ2n) is 4.28. The molecule has 2 nitrogen and oxygen atoms in total. The first-order valence-corrected chi connectivity index (χ1v) is 5.56. The maximum atomic E-state index is 5.64. The predicted octanol–water partition coefficient (Wildman–Crippen LogP) is 2.93. The summed E-state index contributed by atoms with van der Waals surface area (Å²) in [7, 11) is 0. The summed E-state index contributed by atoms with van der Waals surface area (Å²) in [6.07, 6.45) is 0.314. The highest BCUT2D eigenvalue weighted by atomic mass is 16.6. The normalized spacial score (nSPS) is 18.7. The van der Waals surface area contributed by atoms with Gasteiger partial charge in [-0.25, -0.2) is 0 Å². The number of benzene rings is 2. The van der Waals surface area contributed by atoms with Gasteiger partial charge in [0.1, 0.15) is 18.5 Å². The summed E-state index contributed by atoms with van der Waals surface area (Å²) in [6, 6.07) is 12.6. The zero-order valence-corrected chi connectivity index (χ0v) is 9.27. The molecule has 0 radical (unpaired) electrons. The van der Waals surface area contributed by atoms with E-state index in [4.69, 9.17) is 9.47 Å². The van der Waals surface area contributed by atoms with Gasteiger partial charge in [0.25, 0.3) is 0 Å². The Labute approximate surface area is 94.8 Å². The van der Waals surface area contributed by atoms with Crippen LogP contribution in [0.5, 0.6) is 5.75 Å². The van der Waals surface area contributed by atoms with Crippen LogP contribution in [0.4, 0.5) is 0 Å². The Morgan fingerprint density at radius 3 is 2.75 bits per heavy atom. The molecule has 1 heterocycles. The summed E-state index contributed by atoms with van der Waals surface area (Å²) in [4.78, 5) is 0. The van der Waals surface area contributed by atoms with Crippen molar-refractivity contribution in [3.63, 3.8) is 0 Å². The molecule has 0 aliphatic carbocycles. The fraction of sp³-hybridized carbons (Fsp3) is 0.286. The second-order valence-corrected chi connectivity index (χ2v) is 4.28. The van der Waals surface area contributed by atoms with E-state index in [0.717, 1.165) is 12.4 Å². The summed E-state index contributed by atoms with van der Waals surface area (Å²) >= 11 is 0. The van der Waals surface area contributed by atoms with E-state index >= 15 is 0 Å². The highest BCUT2D eigenvalue weighted by Gasteiger charge is 2.22. The van der Waals surface area contributed by atoms with Gasteiger partial charge in [-0.2, -0.15) is 0 Å². The van der Waals surface area contributed by atoms with Crippen molar-refractivity contribution in [2.24, 2.45) is 0 Å². The van der Waals surface area contributed by atoms with Crippen LogP contribution in [0.25, 0.3) is 10.8 Å². The maximum absolute atomic E-state index is 5.64. The standard InChI is InChI=1S/C14H14O2/c1-10-2-3-12-7-13(5-4-11(12)6-10)15-8-14-9-16-14/h2-7,14H,8-9H2,1H3. The predicted molar refractivity (Wildman–Crippen MR) is 63.9 cm³/mol. The molecule has 0 aromatic heterocycles. The van der Waals surface area contributed by atoms with Crippen molar-refractivity contribution < 1.29 is 9.47 Å². The number of rotatable bonds is 3. The molecule has 3 rings (SSSR count). The smallest absolute Gasteiger partial charge is 0.120 e. The van der Waals surface area contributed by atoms with E-state index in [2.05, 4.69) is 37.3 Å². The molecule has 1 unspecified atom stereocenters. The first kappa shape index (κ1) is 9.67. The number of epoxide rings is 1. The van der Waals surface area contributed by atoms with Crippen molar-refractivity contribution in [1.29, 1.82) is 0 Å². The van der Waals surface area contributed by atoms with Gasteiger partial charge >= 0.3 is 0 Å². The minimum Gasteiger partial charge on any atom is -0.491 e. The Morgan fingerprint density at radius 1 is 1.19 bits per heavy atom. The molecule has 16 heavy (non-hydrogen) atoms. The highest BCUT2D eigenvalue weighted by Crippen LogP contribution is 2.22. The Kier molecular flexibility index (Phi) is 2.29. The summed E-state index contributed by atoms with van der Waals surface area (Å²) in [6.45, 7) is 3.61. The van der Waals surface area contributed by atoms with E-state index in [1.165, 1.54) is 16.3 Å². The van der Waals surface area contributed by atoms with Crippen molar-refractivity contribution in [1.82, 2.24) is 0 Å². The Morgan fingerprint density at radius 2 is 1.94 bits per heavy atom. The van der Waals surface area contributed by atoms with E-state index in [9.17, 15) is 0 Å². The summed E-state index contributed by atoms with van der Waals surface area (Å²) in [5, 5.41) is 2.48. The van der Waals surface area contributed by atoms with Crippen LogP contribution >= 0.6 is 0 Å². The molecule has 2 aromatic carbocycles.